The quantitative estimate of drug-likeness (QED) is 0.0358. The first-order chi connectivity index (χ1) is 43.9. The molecule has 8 heterocycles. The maximum absolute atomic E-state index is 11.6. The predicted octanol–water partition coefficient (Wildman–Crippen LogP) is -16.2. The highest BCUT2D eigenvalue weighted by atomic mass is 16.8. The standard InChI is InChI=1S/C52H96N8O32/c1-3-4-77-22-13-78-14(5-53)39(23(22)61)86-47-32(70)25(63)41(16(7-55)80-47)88-49-34(72)27(65)43(18(9-57)82-49)90-51-36(74)29(67)45(20(11-59)84-51)92-52-37(75)30(68)44(21(12-60)85-52)91-50-35(73)28(66)42(19(10-58)83-50)89-48-33(71)26(64)40(17(8-56)81-48)87-46-31(69)24(62)38(76-2)15(6-54)79-46/h3,14-52,61-75H,1,4-13,53-60H2,2H3. The van der Waals surface area contributed by atoms with Gasteiger partial charge in [0.2, 0.25) is 0 Å². The minimum Gasteiger partial charge on any atom is -0.387 e. The van der Waals surface area contributed by atoms with E-state index in [9.17, 15) is 76.6 Å². The van der Waals surface area contributed by atoms with Crippen molar-refractivity contribution in [1.82, 2.24) is 0 Å². The second kappa shape index (κ2) is 33.8. The Labute approximate surface area is 526 Å². The molecule has 0 bridgehead atoms. The second-order valence-electron chi connectivity index (χ2n) is 23.5. The predicted molar refractivity (Wildman–Crippen MR) is 298 cm³/mol. The fourth-order valence-electron chi connectivity index (χ4n) is 12.4. The van der Waals surface area contributed by atoms with Gasteiger partial charge in [0.25, 0.3) is 0 Å². The van der Waals surface area contributed by atoms with Gasteiger partial charge in [-0.2, -0.15) is 0 Å². The fourth-order valence-corrected chi connectivity index (χ4v) is 12.4. The number of aliphatic hydroxyl groups is 15. The van der Waals surface area contributed by atoms with Gasteiger partial charge in [-0.15, -0.1) is 6.58 Å². The molecule has 92 heavy (non-hydrogen) atoms. The lowest BCUT2D eigenvalue weighted by atomic mass is 9.94. The van der Waals surface area contributed by atoms with E-state index in [0.29, 0.717) is 0 Å². The SMILES string of the molecule is C=CCOC1COC(CN)C(OC2OC(CN)C(OC3OC(CN)C(OC4OC(CN)C(OC5OC(CN)C(OC6OC(CN)C(OC7OC(CN)C(OC8OC(CN)C(OC)C(O)C8O)C(O)C7O)C(O)C6O)C(O)C5O)C(O)C4O)C(O)C3O)C(O)C2O)C1O. The molecule has 8 saturated heterocycles. The van der Waals surface area contributed by atoms with E-state index in [1.54, 1.807) is 0 Å². The summed E-state index contributed by atoms with van der Waals surface area (Å²) in [7, 11) is 1.27. The first-order valence-corrected chi connectivity index (χ1v) is 30.3. The monoisotopic (exact) mass is 1340 g/mol. The summed E-state index contributed by atoms with van der Waals surface area (Å²) in [6, 6.07) is 0. The summed E-state index contributed by atoms with van der Waals surface area (Å²) in [5, 5.41) is 170. The number of rotatable bonds is 26. The van der Waals surface area contributed by atoms with Crippen LogP contribution in [0.25, 0.3) is 0 Å². The van der Waals surface area contributed by atoms with Gasteiger partial charge < -0.3 is 203 Å². The van der Waals surface area contributed by atoms with E-state index >= 15 is 0 Å². The first kappa shape index (κ1) is 75.9. The Balaban J connectivity index is 0.847. The summed E-state index contributed by atoms with van der Waals surface area (Å²) in [5.41, 5.74) is 47.8. The third kappa shape index (κ3) is 15.9. The zero-order valence-electron chi connectivity index (χ0n) is 50.1. The van der Waals surface area contributed by atoms with Crippen LogP contribution in [0.4, 0.5) is 0 Å². The molecule has 39 unspecified atom stereocenters. The fraction of sp³-hybridized carbons (Fsp3) is 0.962. The molecule has 40 heteroatoms. The van der Waals surface area contributed by atoms with Crippen LogP contribution in [-0.2, 0) is 80.5 Å². The molecule has 0 radical (unpaired) electrons. The average Bonchev–Trinajstić information content (AvgIpc) is 0.937. The molecule has 0 amide bonds. The molecule has 8 fully saturated rings. The molecular formula is C52H96N8O32. The molecule has 536 valence electrons. The van der Waals surface area contributed by atoms with Crippen LogP contribution in [0.5, 0.6) is 0 Å². The summed E-state index contributed by atoms with van der Waals surface area (Å²) in [4.78, 5) is 0. The second-order valence-corrected chi connectivity index (χ2v) is 23.5. The normalized spacial score (nSPS) is 51.4. The van der Waals surface area contributed by atoms with E-state index < -0.39 is 272 Å². The van der Waals surface area contributed by atoms with Crippen LogP contribution in [-0.4, -0.2) is 389 Å². The minimum atomic E-state index is -2.09. The molecule has 8 rings (SSSR count). The lowest BCUT2D eigenvalue weighted by molar-refractivity contribution is -0.393. The molecule has 8 aliphatic rings. The molecule has 40 nitrogen and oxygen atoms in total. The van der Waals surface area contributed by atoms with Crippen LogP contribution >= 0.6 is 0 Å². The van der Waals surface area contributed by atoms with Gasteiger partial charge in [-0.1, -0.05) is 6.08 Å². The van der Waals surface area contributed by atoms with Gasteiger partial charge in [0, 0.05) is 59.5 Å². The zero-order valence-corrected chi connectivity index (χ0v) is 50.1. The molecule has 0 spiro atoms. The lowest BCUT2D eigenvalue weighted by Gasteiger charge is -2.50. The molecule has 8 aliphatic heterocycles. The molecular weight excluding hydrogens is 1250 g/mol. The van der Waals surface area contributed by atoms with Gasteiger partial charge in [-0.05, 0) is 0 Å². The van der Waals surface area contributed by atoms with Gasteiger partial charge in [0.15, 0.2) is 44.0 Å². The Bertz CT molecular complexity index is 2220. The van der Waals surface area contributed by atoms with Gasteiger partial charge in [0.1, 0.15) is 189 Å². The van der Waals surface area contributed by atoms with E-state index in [2.05, 4.69) is 6.58 Å². The van der Waals surface area contributed by atoms with Gasteiger partial charge in [0.05, 0.1) is 19.3 Å². The van der Waals surface area contributed by atoms with E-state index in [1.165, 1.54) is 13.2 Å². The van der Waals surface area contributed by atoms with E-state index in [0.717, 1.165) is 0 Å². The number of hydrogen-bond donors (Lipinski definition) is 23. The topological polar surface area (TPSA) is 669 Å². The number of aliphatic hydroxyl groups excluding tert-OH is 15. The van der Waals surface area contributed by atoms with Crippen LogP contribution in [0.15, 0.2) is 12.7 Å². The van der Waals surface area contributed by atoms with Crippen molar-refractivity contribution in [1.29, 1.82) is 0 Å². The molecule has 0 aromatic heterocycles. The van der Waals surface area contributed by atoms with E-state index in [4.69, 9.17) is 126 Å². The number of methoxy groups -OCH3 is 1. The van der Waals surface area contributed by atoms with Crippen molar-refractivity contribution in [2.24, 2.45) is 45.9 Å². The molecule has 0 saturated carbocycles. The highest BCUT2D eigenvalue weighted by Gasteiger charge is 2.59. The van der Waals surface area contributed by atoms with Crippen LogP contribution in [0.2, 0.25) is 0 Å². The Hall–Kier alpha value is -1.86. The number of nitrogens with two attached hydrogens (primary N) is 8. The van der Waals surface area contributed by atoms with Crippen LogP contribution in [0, 0.1) is 0 Å². The van der Waals surface area contributed by atoms with Crippen molar-refractivity contribution >= 4 is 0 Å². The molecule has 0 aromatic carbocycles. The Kier molecular flexibility index (Phi) is 27.9. The van der Waals surface area contributed by atoms with Crippen LogP contribution < -0.4 is 45.9 Å². The van der Waals surface area contributed by atoms with Crippen LogP contribution in [0.1, 0.15) is 0 Å². The Morgan fingerprint density at radius 2 is 0.500 bits per heavy atom. The maximum atomic E-state index is 11.6. The van der Waals surface area contributed by atoms with Gasteiger partial charge in [-0.3, -0.25) is 0 Å². The third-order valence-corrected chi connectivity index (χ3v) is 17.6. The van der Waals surface area contributed by atoms with Crippen molar-refractivity contribution in [2.45, 2.75) is 239 Å². The average molecular weight is 1350 g/mol. The van der Waals surface area contributed by atoms with E-state index in [-0.39, 0.29) is 32.8 Å². The van der Waals surface area contributed by atoms with Crippen molar-refractivity contribution < 1.29 is 157 Å². The lowest BCUT2D eigenvalue weighted by Crippen LogP contribution is -2.69. The van der Waals surface area contributed by atoms with Crippen molar-refractivity contribution in [3.05, 3.63) is 12.7 Å². The summed E-state index contributed by atoms with van der Waals surface area (Å²) < 4.78 is 98.9. The molecule has 39 atom stereocenters. The highest BCUT2D eigenvalue weighted by Crippen LogP contribution is 2.38. The Morgan fingerprint density at radius 3 is 0.696 bits per heavy atom. The van der Waals surface area contributed by atoms with E-state index in [1.807, 2.05) is 0 Å². The van der Waals surface area contributed by atoms with Gasteiger partial charge >= 0.3 is 0 Å². The number of ether oxygens (including phenoxy) is 17. The third-order valence-electron chi connectivity index (χ3n) is 17.6. The molecule has 0 aliphatic carbocycles. The maximum Gasteiger partial charge on any atom is 0.187 e. The van der Waals surface area contributed by atoms with Crippen molar-refractivity contribution in [3.8, 4) is 0 Å². The van der Waals surface area contributed by atoms with Crippen LogP contribution in [0.3, 0.4) is 0 Å². The zero-order chi connectivity index (χ0) is 67.3. The molecule has 0 aromatic rings. The largest absolute Gasteiger partial charge is 0.387 e. The van der Waals surface area contributed by atoms with Crippen molar-refractivity contribution in [2.75, 3.05) is 72.7 Å². The highest BCUT2D eigenvalue weighted by molar-refractivity contribution is 5.02. The number of hydrogen-bond acceptors (Lipinski definition) is 40. The summed E-state index contributed by atoms with van der Waals surface area (Å²) in [6.07, 6.45) is -62.7. The molecule has 31 N–H and O–H groups in total. The van der Waals surface area contributed by atoms with Gasteiger partial charge in [-0.25, -0.2) is 0 Å². The summed E-state index contributed by atoms with van der Waals surface area (Å²) in [6.45, 7) is 0.640. The summed E-state index contributed by atoms with van der Waals surface area (Å²) >= 11 is 0. The smallest absolute Gasteiger partial charge is 0.187 e. The minimum absolute atomic E-state index is 0.0390. The summed E-state index contributed by atoms with van der Waals surface area (Å²) in [5.74, 6) is 0. The van der Waals surface area contributed by atoms with Crippen molar-refractivity contribution in [3.63, 3.8) is 0 Å². The first-order valence-electron chi connectivity index (χ1n) is 30.3. The Morgan fingerprint density at radius 1 is 0.304 bits per heavy atom.